The van der Waals surface area contributed by atoms with Crippen molar-refractivity contribution in [1.82, 2.24) is 0 Å². The molecule has 0 saturated carbocycles. The third kappa shape index (κ3) is 7.96. The molecule has 0 N–H and O–H groups in total. The maximum Gasteiger partial charge on any atom is 0.191 e. The summed E-state index contributed by atoms with van der Waals surface area (Å²) < 4.78 is 17.1. The molecule has 5 heteroatoms. The number of nitriles is 1. The Labute approximate surface area is 131 Å². The largest absolute Gasteiger partial charge is 0.417 e. The van der Waals surface area contributed by atoms with E-state index in [1.807, 2.05) is 13.8 Å². The van der Waals surface area contributed by atoms with Gasteiger partial charge in [-0.25, -0.2) is 0 Å². The highest BCUT2D eigenvalue weighted by molar-refractivity contribution is 6.74. The monoisotopic (exact) mass is 315 g/mol. The van der Waals surface area contributed by atoms with Crippen LogP contribution in [0.2, 0.25) is 18.1 Å². The summed E-state index contributed by atoms with van der Waals surface area (Å²) in [5.41, 5.74) is 0. The van der Waals surface area contributed by atoms with Crippen molar-refractivity contribution >= 4 is 8.32 Å². The van der Waals surface area contributed by atoms with Gasteiger partial charge in [0.2, 0.25) is 0 Å². The fraction of sp³-hybridized carbons (Fsp3) is 0.938. The molecule has 124 valence electrons. The molecule has 0 aliphatic heterocycles. The summed E-state index contributed by atoms with van der Waals surface area (Å²) in [7, 11) is -1.72. The predicted octanol–water partition coefficient (Wildman–Crippen LogP) is 4.33. The van der Waals surface area contributed by atoms with Crippen molar-refractivity contribution in [3.8, 4) is 6.07 Å². The van der Waals surface area contributed by atoms with E-state index in [1.165, 1.54) is 0 Å². The van der Waals surface area contributed by atoms with Crippen LogP contribution in [0.25, 0.3) is 0 Å². The normalized spacial score (nSPS) is 17.1. The summed E-state index contributed by atoms with van der Waals surface area (Å²) in [6.45, 7) is 18.3. The third-order valence-corrected chi connectivity index (χ3v) is 8.55. The molecule has 0 rings (SSSR count). The van der Waals surface area contributed by atoms with Gasteiger partial charge in [-0.15, -0.1) is 0 Å². The van der Waals surface area contributed by atoms with Crippen LogP contribution in [-0.2, 0) is 13.9 Å². The smallest absolute Gasteiger partial charge is 0.191 e. The van der Waals surface area contributed by atoms with Gasteiger partial charge in [0.05, 0.1) is 6.07 Å². The SMILES string of the molecule is CCOC(C)OC(C#N)C[C@@H](C)CO[Si](C)(C)C(C)(C)C. The standard InChI is InChI=1S/C16H33NO3Si/c1-9-18-14(3)20-15(11-17)10-13(2)12-19-21(7,8)16(4,5)6/h13-15H,9-10,12H2,1-8H3/t13-,14?,15?/m1/s1. The molecule has 0 aromatic carbocycles. The molecule has 0 spiro atoms. The van der Waals surface area contributed by atoms with E-state index in [2.05, 4.69) is 46.9 Å². The fourth-order valence-electron chi connectivity index (χ4n) is 1.64. The van der Waals surface area contributed by atoms with Crippen molar-refractivity contribution in [2.24, 2.45) is 5.92 Å². The van der Waals surface area contributed by atoms with Gasteiger partial charge in [0.15, 0.2) is 14.6 Å². The second kappa shape index (κ2) is 8.89. The van der Waals surface area contributed by atoms with Crippen LogP contribution in [0, 0.1) is 17.2 Å². The minimum Gasteiger partial charge on any atom is -0.417 e. The van der Waals surface area contributed by atoms with E-state index in [0.29, 0.717) is 19.6 Å². The summed E-state index contributed by atoms with van der Waals surface area (Å²) in [6, 6.07) is 2.20. The molecule has 21 heavy (non-hydrogen) atoms. The van der Waals surface area contributed by atoms with Crippen LogP contribution in [0.15, 0.2) is 0 Å². The third-order valence-electron chi connectivity index (χ3n) is 4.05. The minimum absolute atomic E-state index is 0.210. The summed E-state index contributed by atoms with van der Waals surface area (Å²) in [6.07, 6.45) is -0.111. The molecule has 0 bridgehead atoms. The molecular formula is C16H33NO3Si. The van der Waals surface area contributed by atoms with E-state index in [4.69, 9.17) is 13.9 Å². The van der Waals surface area contributed by atoms with Crippen LogP contribution in [0.5, 0.6) is 0 Å². The summed E-state index contributed by atoms with van der Waals surface area (Å²) >= 11 is 0. The Balaban J connectivity index is 4.29. The number of rotatable bonds is 9. The molecule has 0 amide bonds. The van der Waals surface area contributed by atoms with Crippen LogP contribution in [-0.4, -0.2) is 33.9 Å². The zero-order valence-electron chi connectivity index (χ0n) is 15.0. The first-order chi connectivity index (χ1) is 9.53. The maximum absolute atomic E-state index is 9.19. The molecule has 0 aliphatic rings. The van der Waals surface area contributed by atoms with E-state index in [-0.39, 0.29) is 17.2 Å². The Hall–Kier alpha value is -0.413. The summed E-state index contributed by atoms with van der Waals surface area (Å²) in [5, 5.41) is 9.40. The average molecular weight is 316 g/mol. The van der Waals surface area contributed by atoms with Gasteiger partial charge in [0.25, 0.3) is 0 Å². The first-order valence-corrected chi connectivity index (χ1v) is 10.7. The molecule has 0 heterocycles. The minimum atomic E-state index is -1.72. The lowest BCUT2D eigenvalue weighted by Crippen LogP contribution is -2.42. The lowest BCUT2D eigenvalue weighted by atomic mass is 10.1. The lowest BCUT2D eigenvalue weighted by Gasteiger charge is -2.37. The zero-order chi connectivity index (χ0) is 16.7. The molecule has 0 radical (unpaired) electrons. The van der Waals surface area contributed by atoms with Gasteiger partial charge < -0.3 is 13.9 Å². The fourth-order valence-corrected chi connectivity index (χ4v) is 2.78. The number of hydrogen-bond acceptors (Lipinski definition) is 4. The second-order valence-electron chi connectivity index (χ2n) is 7.19. The number of nitrogens with zero attached hydrogens (tertiary/aromatic N) is 1. The Morgan fingerprint density at radius 2 is 1.76 bits per heavy atom. The van der Waals surface area contributed by atoms with Crippen molar-refractivity contribution < 1.29 is 13.9 Å². The van der Waals surface area contributed by atoms with Gasteiger partial charge >= 0.3 is 0 Å². The van der Waals surface area contributed by atoms with Gasteiger partial charge in [-0.1, -0.05) is 27.7 Å². The van der Waals surface area contributed by atoms with Crippen molar-refractivity contribution in [3.05, 3.63) is 0 Å². The highest BCUT2D eigenvalue weighted by Crippen LogP contribution is 2.36. The molecule has 0 fully saturated rings. The highest BCUT2D eigenvalue weighted by Gasteiger charge is 2.37. The van der Waals surface area contributed by atoms with Gasteiger partial charge in [0.1, 0.15) is 6.10 Å². The summed E-state index contributed by atoms with van der Waals surface area (Å²) in [5.74, 6) is 0.289. The second-order valence-corrected chi connectivity index (χ2v) is 12.0. The number of ether oxygens (including phenoxy) is 2. The number of hydrogen-bond donors (Lipinski definition) is 0. The van der Waals surface area contributed by atoms with E-state index >= 15 is 0 Å². The molecule has 4 nitrogen and oxygen atoms in total. The Kier molecular flexibility index (Phi) is 8.72. The van der Waals surface area contributed by atoms with Crippen LogP contribution < -0.4 is 0 Å². The quantitative estimate of drug-likeness (QED) is 0.469. The highest BCUT2D eigenvalue weighted by atomic mass is 28.4. The van der Waals surface area contributed by atoms with Crippen molar-refractivity contribution in [2.45, 2.75) is 78.5 Å². The Morgan fingerprint density at radius 3 is 2.19 bits per heavy atom. The predicted molar refractivity (Wildman–Crippen MR) is 88.5 cm³/mol. The van der Waals surface area contributed by atoms with Gasteiger partial charge in [-0.3, -0.25) is 0 Å². The first-order valence-electron chi connectivity index (χ1n) is 7.84. The van der Waals surface area contributed by atoms with Crippen LogP contribution >= 0.6 is 0 Å². The van der Waals surface area contributed by atoms with Crippen LogP contribution in [0.3, 0.4) is 0 Å². The Morgan fingerprint density at radius 1 is 1.19 bits per heavy atom. The zero-order valence-corrected chi connectivity index (χ0v) is 16.0. The lowest BCUT2D eigenvalue weighted by molar-refractivity contribution is -0.147. The van der Waals surface area contributed by atoms with E-state index in [9.17, 15) is 5.26 Å². The van der Waals surface area contributed by atoms with Gasteiger partial charge in [-0.05, 0) is 44.3 Å². The van der Waals surface area contributed by atoms with Crippen molar-refractivity contribution in [2.75, 3.05) is 13.2 Å². The molecule has 0 saturated heterocycles. The molecule has 2 unspecified atom stereocenters. The van der Waals surface area contributed by atoms with Crippen LogP contribution in [0.4, 0.5) is 0 Å². The summed E-state index contributed by atoms with van der Waals surface area (Å²) in [4.78, 5) is 0. The Bertz CT molecular complexity index is 333. The molecule has 3 atom stereocenters. The first kappa shape index (κ1) is 20.6. The van der Waals surface area contributed by atoms with Crippen molar-refractivity contribution in [1.29, 1.82) is 5.26 Å². The van der Waals surface area contributed by atoms with Crippen LogP contribution in [0.1, 0.15) is 48.0 Å². The van der Waals surface area contributed by atoms with Crippen molar-refractivity contribution in [3.63, 3.8) is 0 Å². The van der Waals surface area contributed by atoms with E-state index in [1.54, 1.807) is 0 Å². The van der Waals surface area contributed by atoms with Gasteiger partial charge in [-0.2, -0.15) is 5.26 Å². The average Bonchev–Trinajstić information content (AvgIpc) is 2.34. The molecular weight excluding hydrogens is 282 g/mol. The van der Waals surface area contributed by atoms with E-state index < -0.39 is 14.4 Å². The molecule has 0 aromatic rings. The molecule has 0 aromatic heterocycles. The van der Waals surface area contributed by atoms with E-state index in [0.717, 1.165) is 0 Å². The topological polar surface area (TPSA) is 51.5 Å². The molecule has 0 aliphatic carbocycles. The van der Waals surface area contributed by atoms with Gasteiger partial charge in [0, 0.05) is 13.2 Å². The maximum atomic E-state index is 9.19.